The number of hydrogen-bond donors (Lipinski definition) is 0. The number of aliphatic imine (C=N–C) groups is 1. The first-order chi connectivity index (χ1) is 16.9. The zero-order valence-electron chi connectivity index (χ0n) is 20.2. The molecule has 0 aromatic heterocycles. The molecule has 3 aromatic carbocycles. The molecule has 0 spiro atoms. The van der Waals surface area contributed by atoms with E-state index in [1.807, 2.05) is 0 Å². The van der Waals surface area contributed by atoms with Gasteiger partial charge in [0.05, 0.1) is 14.1 Å². The second-order valence-electron chi connectivity index (χ2n) is 9.73. The summed E-state index contributed by atoms with van der Waals surface area (Å²) in [6.07, 6.45) is 13.0. The number of benzene rings is 3. The summed E-state index contributed by atoms with van der Waals surface area (Å²) in [6.45, 7) is 0. The van der Waals surface area contributed by atoms with Gasteiger partial charge in [0.15, 0.2) is 0 Å². The Hall–Kier alpha value is -2.44. The van der Waals surface area contributed by atoms with E-state index in [2.05, 4.69) is 95.7 Å². The molecule has 2 fully saturated rings. The second-order valence-corrected chi connectivity index (χ2v) is 11.8. The van der Waals surface area contributed by atoms with Crippen LogP contribution in [0.25, 0.3) is 0 Å². The SMILES string of the molecule is c1ccc(C(=NC2CCCCC2)N(C2CCCCC2)P(c2ccccc2)c2ccccc2)cc1. The summed E-state index contributed by atoms with van der Waals surface area (Å²) < 4.78 is 2.79. The first-order valence-corrected chi connectivity index (χ1v) is 14.5. The third-order valence-corrected chi connectivity index (χ3v) is 9.79. The Morgan fingerprint density at radius 3 is 1.59 bits per heavy atom. The lowest BCUT2D eigenvalue weighted by Crippen LogP contribution is -2.43. The molecule has 2 aliphatic carbocycles. The minimum atomic E-state index is -0.724. The summed E-state index contributed by atoms with van der Waals surface area (Å²) in [7, 11) is -0.724. The van der Waals surface area contributed by atoms with Gasteiger partial charge in [-0.2, -0.15) is 0 Å². The predicted molar refractivity (Wildman–Crippen MR) is 148 cm³/mol. The molecule has 0 aliphatic heterocycles. The highest BCUT2D eigenvalue weighted by Gasteiger charge is 2.34. The van der Waals surface area contributed by atoms with Gasteiger partial charge >= 0.3 is 0 Å². The van der Waals surface area contributed by atoms with Crippen molar-refractivity contribution in [2.45, 2.75) is 76.3 Å². The molecule has 0 radical (unpaired) electrons. The maximum Gasteiger partial charge on any atom is 0.135 e. The average Bonchev–Trinajstić information content (AvgIpc) is 2.93. The smallest absolute Gasteiger partial charge is 0.135 e. The van der Waals surface area contributed by atoms with Crippen LogP contribution in [0.15, 0.2) is 96.0 Å². The summed E-state index contributed by atoms with van der Waals surface area (Å²) in [4.78, 5) is 5.61. The second kappa shape index (κ2) is 11.8. The van der Waals surface area contributed by atoms with E-state index < -0.39 is 8.07 Å². The van der Waals surface area contributed by atoms with E-state index in [4.69, 9.17) is 4.99 Å². The van der Waals surface area contributed by atoms with Crippen LogP contribution < -0.4 is 10.6 Å². The highest BCUT2D eigenvalue weighted by atomic mass is 31.1. The van der Waals surface area contributed by atoms with Crippen LogP contribution in [0.3, 0.4) is 0 Å². The Balaban J connectivity index is 1.68. The molecule has 0 amide bonds. The average molecular weight is 469 g/mol. The van der Waals surface area contributed by atoms with E-state index in [1.165, 1.54) is 86.2 Å². The standard InChI is InChI=1S/C31H37N2P/c1-6-16-26(17-7-1)31(32-27-18-8-2-9-19-27)33(28-20-10-3-11-21-28)34(29-22-12-4-13-23-29)30-24-14-5-15-25-30/h1,4-7,12-17,22-25,27-28H,2-3,8-11,18-21H2. The lowest BCUT2D eigenvalue weighted by molar-refractivity contribution is 0.336. The van der Waals surface area contributed by atoms with Crippen molar-refractivity contribution in [3.63, 3.8) is 0 Å². The fourth-order valence-corrected chi connectivity index (χ4v) is 8.15. The fraction of sp³-hybridized carbons (Fsp3) is 0.387. The zero-order chi connectivity index (χ0) is 23.0. The largest absolute Gasteiger partial charge is 0.324 e. The molecule has 0 N–H and O–H groups in total. The van der Waals surface area contributed by atoms with Crippen LogP contribution in [-0.4, -0.2) is 22.6 Å². The lowest BCUT2D eigenvalue weighted by Gasteiger charge is -2.43. The molecular formula is C31H37N2P. The quantitative estimate of drug-likeness (QED) is 0.208. The summed E-state index contributed by atoms with van der Waals surface area (Å²) in [5, 5.41) is 2.84. The summed E-state index contributed by atoms with van der Waals surface area (Å²) >= 11 is 0. The van der Waals surface area contributed by atoms with Gasteiger partial charge in [-0.3, -0.25) is 4.99 Å². The molecule has 0 atom stereocenters. The van der Waals surface area contributed by atoms with Gasteiger partial charge in [0.1, 0.15) is 5.84 Å². The highest BCUT2D eigenvalue weighted by molar-refractivity contribution is 7.71. The maximum absolute atomic E-state index is 5.61. The van der Waals surface area contributed by atoms with Gasteiger partial charge < -0.3 is 4.67 Å². The van der Waals surface area contributed by atoms with Crippen LogP contribution in [0, 0.1) is 0 Å². The normalized spacial score (nSPS) is 18.2. The summed E-state index contributed by atoms with van der Waals surface area (Å²) in [5.41, 5.74) is 1.28. The molecule has 0 bridgehead atoms. The van der Waals surface area contributed by atoms with Crippen LogP contribution in [0.4, 0.5) is 0 Å². The molecule has 0 heterocycles. The van der Waals surface area contributed by atoms with E-state index in [9.17, 15) is 0 Å². The van der Waals surface area contributed by atoms with Crippen molar-refractivity contribution in [3.05, 3.63) is 96.6 Å². The van der Waals surface area contributed by atoms with E-state index in [0.717, 1.165) is 0 Å². The van der Waals surface area contributed by atoms with Crippen LogP contribution in [0.5, 0.6) is 0 Å². The summed E-state index contributed by atoms with van der Waals surface area (Å²) in [5.74, 6) is 1.23. The van der Waals surface area contributed by atoms with Crippen LogP contribution in [-0.2, 0) is 0 Å². The number of nitrogens with zero attached hydrogens (tertiary/aromatic N) is 2. The molecule has 176 valence electrons. The maximum atomic E-state index is 5.61. The van der Waals surface area contributed by atoms with Crippen molar-refractivity contribution < 1.29 is 0 Å². The highest BCUT2D eigenvalue weighted by Crippen LogP contribution is 2.45. The van der Waals surface area contributed by atoms with Gasteiger partial charge in [-0.15, -0.1) is 0 Å². The van der Waals surface area contributed by atoms with Crippen LogP contribution in [0.1, 0.15) is 69.8 Å². The molecule has 3 aromatic rings. The molecule has 0 saturated heterocycles. The van der Waals surface area contributed by atoms with Gasteiger partial charge in [-0.05, 0) is 25.7 Å². The molecule has 2 saturated carbocycles. The molecule has 3 heteroatoms. The Morgan fingerprint density at radius 2 is 1.06 bits per heavy atom. The van der Waals surface area contributed by atoms with Crippen molar-refractivity contribution in [3.8, 4) is 0 Å². The van der Waals surface area contributed by atoms with Gasteiger partial charge in [-0.25, -0.2) is 0 Å². The van der Waals surface area contributed by atoms with E-state index in [1.54, 1.807) is 0 Å². The van der Waals surface area contributed by atoms with Gasteiger partial charge in [0.2, 0.25) is 0 Å². The summed E-state index contributed by atoms with van der Waals surface area (Å²) in [6, 6.07) is 34.4. The molecule has 2 aliphatic rings. The third kappa shape index (κ3) is 5.61. The van der Waals surface area contributed by atoms with Gasteiger partial charge in [0, 0.05) is 22.2 Å². The van der Waals surface area contributed by atoms with Crippen molar-refractivity contribution in [2.75, 3.05) is 0 Å². The van der Waals surface area contributed by atoms with Crippen molar-refractivity contribution >= 4 is 24.5 Å². The number of hydrogen-bond acceptors (Lipinski definition) is 1. The Morgan fingerprint density at radius 1 is 0.588 bits per heavy atom. The first-order valence-electron chi connectivity index (χ1n) is 13.2. The third-order valence-electron chi connectivity index (χ3n) is 7.27. The predicted octanol–water partition coefficient (Wildman–Crippen LogP) is 7.45. The molecule has 0 unspecified atom stereocenters. The van der Waals surface area contributed by atoms with Crippen LogP contribution >= 0.6 is 8.07 Å². The van der Waals surface area contributed by atoms with E-state index in [0.29, 0.717) is 12.1 Å². The van der Waals surface area contributed by atoms with Crippen molar-refractivity contribution in [1.82, 2.24) is 4.67 Å². The van der Waals surface area contributed by atoms with Crippen molar-refractivity contribution in [2.24, 2.45) is 4.99 Å². The zero-order valence-corrected chi connectivity index (χ0v) is 21.1. The molecule has 2 nitrogen and oxygen atoms in total. The molecule has 34 heavy (non-hydrogen) atoms. The first kappa shape index (κ1) is 23.3. The number of amidine groups is 1. The minimum absolute atomic E-state index is 0.443. The monoisotopic (exact) mass is 468 g/mol. The van der Waals surface area contributed by atoms with E-state index in [-0.39, 0.29) is 0 Å². The fourth-order valence-electron chi connectivity index (χ4n) is 5.53. The Kier molecular flexibility index (Phi) is 8.09. The van der Waals surface area contributed by atoms with Gasteiger partial charge in [0.25, 0.3) is 0 Å². The molecular weight excluding hydrogens is 431 g/mol. The Bertz CT molecular complexity index is 983. The lowest BCUT2D eigenvalue weighted by atomic mass is 9.94. The van der Waals surface area contributed by atoms with Crippen molar-refractivity contribution in [1.29, 1.82) is 0 Å². The number of rotatable bonds is 6. The molecule has 5 rings (SSSR count). The van der Waals surface area contributed by atoms with E-state index >= 15 is 0 Å². The topological polar surface area (TPSA) is 15.6 Å². The minimum Gasteiger partial charge on any atom is -0.324 e. The van der Waals surface area contributed by atoms with Gasteiger partial charge in [-0.1, -0.05) is 130 Å². The Labute approximate surface area is 206 Å². The van der Waals surface area contributed by atoms with Crippen LogP contribution in [0.2, 0.25) is 0 Å².